The van der Waals surface area contributed by atoms with E-state index in [1.54, 1.807) is 18.2 Å². The Balaban J connectivity index is 2.77. The van der Waals surface area contributed by atoms with Crippen LogP contribution in [0.3, 0.4) is 0 Å². The number of amides is 1. The number of hydrogen-bond acceptors (Lipinski definition) is 2. The lowest BCUT2D eigenvalue weighted by Gasteiger charge is -2.12. The molecule has 1 amide bonds. The van der Waals surface area contributed by atoms with Crippen LogP contribution in [0.2, 0.25) is 0 Å². The first-order chi connectivity index (χ1) is 8.54. The van der Waals surface area contributed by atoms with Gasteiger partial charge in [0.25, 0.3) is 0 Å². The summed E-state index contributed by atoms with van der Waals surface area (Å²) in [6.07, 6.45) is 1.49. The molecule has 0 aliphatic rings. The van der Waals surface area contributed by atoms with E-state index in [9.17, 15) is 14.7 Å². The fourth-order valence-corrected chi connectivity index (χ4v) is 1.59. The minimum atomic E-state index is -0.993. The van der Waals surface area contributed by atoms with Crippen LogP contribution >= 0.6 is 0 Å². The molecular formula is C14H17NO3. The van der Waals surface area contributed by atoms with Crippen LogP contribution in [0.15, 0.2) is 36.9 Å². The summed E-state index contributed by atoms with van der Waals surface area (Å²) in [6.45, 7) is 5.76. The van der Waals surface area contributed by atoms with Gasteiger partial charge >= 0.3 is 5.97 Å². The maximum absolute atomic E-state index is 11.5. The lowest BCUT2D eigenvalue weighted by molar-refractivity contribution is -0.140. The van der Waals surface area contributed by atoms with Crippen molar-refractivity contribution in [1.29, 1.82) is 0 Å². The van der Waals surface area contributed by atoms with E-state index >= 15 is 0 Å². The molecule has 0 spiro atoms. The van der Waals surface area contributed by atoms with Crippen molar-refractivity contribution in [3.05, 3.63) is 48.0 Å². The van der Waals surface area contributed by atoms with E-state index in [2.05, 4.69) is 11.9 Å². The molecule has 0 bridgehead atoms. The zero-order valence-electron chi connectivity index (χ0n) is 10.3. The van der Waals surface area contributed by atoms with E-state index in [1.807, 2.05) is 19.1 Å². The molecule has 1 aromatic rings. The molecule has 0 aromatic heterocycles. The molecule has 0 saturated heterocycles. The Labute approximate surface area is 106 Å². The molecule has 4 nitrogen and oxygen atoms in total. The summed E-state index contributed by atoms with van der Waals surface area (Å²) in [7, 11) is 0. The van der Waals surface area contributed by atoms with Crippen molar-refractivity contribution in [3.63, 3.8) is 0 Å². The molecule has 0 radical (unpaired) electrons. The highest BCUT2D eigenvalue weighted by molar-refractivity contribution is 5.85. The quantitative estimate of drug-likeness (QED) is 0.754. The SMILES string of the molecule is C=CCNC(=O)CC(C(=O)O)c1ccc(C)cc1. The molecule has 96 valence electrons. The second-order valence-corrected chi connectivity index (χ2v) is 4.10. The smallest absolute Gasteiger partial charge is 0.311 e. The average molecular weight is 247 g/mol. The number of nitrogens with one attached hydrogen (secondary N) is 1. The molecule has 1 unspecified atom stereocenters. The highest BCUT2D eigenvalue weighted by Crippen LogP contribution is 2.20. The van der Waals surface area contributed by atoms with Crippen molar-refractivity contribution in [2.24, 2.45) is 0 Å². The molecule has 0 aliphatic carbocycles. The van der Waals surface area contributed by atoms with Crippen molar-refractivity contribution in [1.82, 2.24) is 5.32 Å². The molecule has 18 heavy (non-hydrogen) atoms. The van der Waals surface area contributed by atoms with Gasteiger partial charge in [-0.3, -0.25) is 9.59 Å². The van der Waals surface area contributed by atoms with Gasteiger partial charge in [-0.25, -0.2) is 0 Å². The van der Waals surface area contributed by atoms with Gasteiger partial charge in [0, 0.05) is 13.0 Å². The van der Waals surface area contributed by atoms with Crippen molar-refractivity contribution in [2.75, 3.05) is 6.54 Å². The molecule has 0 saturated carbocycles. The van der Waals surface area contributed by atoms with E-state index < -0.39 is 11.9 Å². The number of aryl methyl sites for hydroxylation is 1. The van der Waals surface area contributed by atoms with Crippen LogP contribution in [-0.4, -0.2) is 23.5 Å². The number of aliphatic carboxylic acids is 1. The molecular weight excluding hydrogens is 230 g/mol. The molecule has 0 fully saturated rings. The minimum Gasteiger partial charge on any atom is -0.481 e. The van der Waals surface area contributed by atoms with Gasteiger partial charge in [0.15, 0.2) is 0 Å². The maximum Gasteiger partial charge on any atom is 0.311 e. The Morgan fingerprint density at radius 2 is 2.00 bits per heavy atom. The summed E-state index contributed by atoms with van der Waals surface area (Å²) in [5, 5.41) is 11.7. The summed E-state index contributed by atoms with van der Waals surface area (Å²) in [5.74, 6) is -2.09. The highest BCUT2D eigenvalue weighted by atomic mass is 16.4. The Hall–Kier alpha value is -2.10. The van der Waals surface area contributed by atoms with Gasteiger partial charge in [-0.05, 0) is 12.5 Å². The Morgan fingerprint density at radius 3 is 2.50 bits per heavy atom. The first-order valence-corrected chi connectivity index (χ1v) is 5.71. The topological polar surface area (TPSA) is 66.4 Å². The van der Waals surface area contributed by atoms with Crippen LogP contribution < -0.4 is 5.32 Å². The predicted octanol–water partition coefficient (Wildman–Crippen LogP) is 1.86. The molecule has 1 atom stereocenters. The van der Waals surface area contributed by atoms with Crippen LogP contribution in [0.1, 0.15) is 23.5 Å². The summed E-state index contributed by atoms with van der Waals surface area (Å²) in [4.78, 5) is 22.7. The van der Waals surface area contributed by atoms with Crippen molar-refractivity contribution in [2.45, 2.75) is 19.3 Å². The molecule has 4 heteroatoms. The Kier molecular flexibility index (Phi) is 5.11. The van der Waals surface area contributed by atoms with Gasteiger partial charge in [0.05, 0.1) is 5.92 Å². The number of benzene rings is 1. The second-order valence-electron chi connectivity index (χ2n) is 4.10. The van der Waals surface area contributed by atoms with Gasteiger partial charge in [-0.15, -0.1) is 6.58 Å². The molecule has 0 heterocycles. The summed E-state index contributed by atoms with van der Waals surface area (Å²) >= 11 is 0. The van der Waals surface area contributed by atoms with E-state index in [-0.39, 0.29) is 12.3 Å². The fraction of sp³-hybridized carbons (Fsp3) is 0.286. The van der Waals surface area contributed by atoms with Gasteiger partial charge < -0.3 is 10.4 Å². The average Bonchev–Trinajstić information content (AvgIpc) is 2.34. The molecule has 1 rings (SSSR count). The number of carbonyl (C=O) groups is 2. The first-order valence-electron chi connectivity index (χ1n) is 5.71. The van der Waals surface area contributed by atoms with Crippen molar-refractivity contribution in [3.8, 4) is 0 Å². The van der Waals surface area contributed by atoms with Crippen LogP contribution in [-0.2, 0) is 9.59 Å². The Bertz CT molecular complexity index is 437. The second kappa shape index (κ2) is 6.59. The molecule has 2 N–H and O–H groups in total. The monoisotopic (exact) mass is 247 g/mol. The highest BCUT2D eigenvalue weighted by Gasteiger charge is 2.22. The van der Waals surface area contributed by atoms with Crippen molar-refractivity contribution >= 4 is 11.9 Å². The van der Waals surface area contributed by atoms with E-state index in [1.165, 1.54) is 0 Å². The largest absolute Gasteiger partial charge is 0.481 e. The Morgan fingerprint density at radius 1 is 1.39 bits per heavy atom. The number of rotatable bonds is 6. The summed E-state index contributed by atoms with van der Waals surface area (Å²) < 4.78 is 0. The number of carboxylic acid groups (broad SMARTS) is 1. The van der Waals surface area contributed by atoms with Crippen LogP contribution in [0.4, 0.5) is 0 Å². The van der Waals surface area contributed by atoms with Crippen LogP contribution in [0.25, 0.3) is 0 Å². The van der Waals surface area contributed by atoms with Crippen LogP contribution in [0, 0.1) is 6.92 Å². The third-order valence-corrected chi connectivity index (χ3v) is 2.61. The van der Waals surface area contributed by atoms with Gasteiger partial charge in [-0.1, -0.05) is 35.9 Å². The third kappa shape index (κ3) is 4.05. The molecule has 0 aliphatic heterocycles. The van der Waals surface area contributed by atoms with E-state index in [4.69, 9.17) is 0 Å². The van der Waals surface area contributed by atoms with E-state index in [0.717, 1.165) is 5.56 Å². The lowest BCUT2D eigenvalue weighted by Crippen LogP contribution is -2.27. The van der Waals surface area contributed by atoms with Gasteiger partial charge in [-0.2, -0.15) is 0 Å². The van der Waals surface area contributed by atoms with E-state index in [0.29, 0.717) is 12.1 Å². The normalized spacial score (nSPS) is 11.6. The molecule has 1 aromatic carbocycles. The van der Waals surface area contributed by atoms with Gasteiger partial charge in [0.2, 0.25) is 5.91 Å². The first kappa shape index (κ1) is 14.0. The lowest BCUT2D eigenvalue weighted by atomic mass is 9.95. The zero-order chi connectivity index (χ0) is 13.5. The zero-order valence-corrected chi connectivity index (χ0v) is 10.3. The summed E-state index contributed by atoms with van der Waals surface area (Å²) in [5.41, 5.74) is 1.70. The van der Waals surface area contributed by atoms with Crippen molar-refractivity contribution < 1.29 is 14.7 Å². The number of carbonyl (C=O) groups excluding carboxylic acids is 1. The number of hydrogen-bond donors (Lipinski definition) is 2. The standard InChI is InChI=1S/C14H17NO3/c1-3-8-15-13(16)9-12(14(17)18)11-6-4-10(2)5-7-11/h3-7,12H,1,8-9H2,2H3,(H,15,16)(H,17,18). The van der Waals surface area contributed by atoms with Gasteiger partial charge in [0.1, 0.15) is 0 Å². The number of carboxylic acids is 1. The van der Waals surface area contributed by atoms with Crippen LogP contribution in [0.5, 0.6) is 0 Å². The predicted molar refractivity (Wildman–Crippen MR) is 69.4 cm³/mol. The summed E-state index contributed by atoms with van der Waals surface area (Å²) in [6, 6.07) is 7.17. The maximum atomic E-state index is 11.5. The minimum absolute atomic E-state index is 0.0633. The third-order valence-electron chi connectivity index (χ3n) is 2.61. The fourth-order valence-electron chi connectivity index (χ4n) is 1.59.